The van der Waals surface area contributed by atoms with Crippen molar-refractivity contribution < 1.29 is 23.4 Å². The summed E-state index contributed by atoms with van der Waals surface area (Å²) in [4.78, 5) is 25.5. The lowest BCUT2D eigenvalue weighted by molar-refractivity contribution is -0.171. The van der Waals surface area contributed by atoms with Crippen LogP contribution in [0.1, 0.15) is 38.5 Å². The molecule has 5 fully saturated rings. The quantitative estimate of drug-likeness (QED) is 0.576. The van der Waals surface area contributed by atoms with E-state index in [1.54, 1.807) is 4.31 Å². The highest BCUT2D eigenvalue weighted by molar-refractivity contribution is 8.23. The van der Waals surface area contributed by atoms with E-state index in [1.165, 1.54) is 11.4 Å². The van der Waals surface area contributed by atoms with Gasteiger partial charge in [-0.3, -0.25) is 23.0 Å². The van der Waals surface area contributed by atoms with Crippen LogP contribution >= 0.6 is 11.0 Å². The summed E-state index contributed by atoms with van der Waals surface area (Å²) in [5.74, 6) is 0.835. The summed E-state index contributed by atoms with van der Waals surface area (Å²) in [5, 5.41) is 3.22. The normalized spacial score (nSPS) is 36.5. The first kappa shape index (κ1) is 22.0. The molecule has 1 heterocycles. The summed E-state index contributed by atoms with van der Waals surface area (Å²) in [6.07, 6.45) is 5.30. The molecule has 4 bridgehead atoms. The topological polar surface area (TPSA) is 102 Å². The van der Waals surface area contributed by atoms with Crippen molar-refractivity contribution in [3.63, 3.8) is 0 Å². The third kappa shape index (κ3) is 3.69. The van der Waals surface area contributed by atoms with Gasteiger partial charge in [-0.1, -0.05) is 29.2 Å². The Hall–Kier alpha value is -1.81. The van der Waals surface area contributed by atoms with E-state index < -0.39 is 11.0 Å². The summed E-state index contributed by atoms with van der Waals surface area (Å²) in [6.45, 7) is 0.950. The smallest absolute Gasteiger partial charge is 0.311 e. The zero-order valence-electron chi connectivity index (χ0n) is 18.5. The minimum atomic E-state index is -3.25. The number of esters is 1. The number of nitrogens with one attached hydrogen (secondary N) is 1. The number of anilines is 1. The number of carbonyl (C=O) groups is 2. The van der Waals surface area contributed by atoms with Gasteiger partial charge in [0.25, 0.3) is 0 Å². The van der Waals surface area contributed by atoms with Crippen molar-refractivity contribution in [3.8, 4) is 0 Å². The maximum Gasteiger partial charge on any atom is 0.311 e. The van der Waals surface area contributed by atoms with Gasteiger partial charge in [0, 0.05) is 19.1 Å². The molecule has 2 unspecified atom stereocenters. The predicted molar refractivity (Wildman–Crippen MR) is 123 cm³/mol. The second-order valence-electron chi connectivity index (χ2n) is 9.98. The van der Waals surface area contributed by atoms with Crippen LogP contribution in [-0.4, -0.2) is 58.1 Å². The van der Waals surface area contributed by atoms with Crippen LogP contribution in [0.25, 0.3) is 0 Å². The number of para-hydroxylation sites is 1. The van der Waals surface area contributed by atoms with Crippen LogP contribution in [0.4, 0.5) is 5.69 Å². The largest absolute Gasteiger partial charge is 0.469 e. The fraction of sp³-hybridized carbons (Fsp3) is 0.652. The molecule has 0 aromatic heterocycles. The van der Waals surface area contributed by atoms with E-state index in [-0.39, 0.29) is 41.7 Å². The number of methoxy groups -OCH3 is 1. The van der Waals surface area contributed by atoms with Gasteiger partial charge in [-0.15, -0.1) is 0 Å². The molecule has 0 spiro atoms. The molecule has 4 aliphatic carbocycles. The highest BCUT2D eigenvalue weighted by Crippen LogP contribution is 2.60. The van der Waals surface area contributed by atoms with Crippen molar-refractivity contribution in [1.29, 1.82) is 0 Å². The van der Waals surface area contributed by atoms with E-state index in [0.29, 0.717) is 19.0 Å². The molecular weight excluding hydrogens is 430 g/mol. The van der Waals surface area contributed by atoms with Gasteiger partial charge in [0.1, 0.15) is 0 Å². The maximum atomic E-state index is 13.0. The average Bonchev–Trinajstić information content (AvgIpc) is 2.77. The first-order valence-corrected chi connectivity index (χ1v) is 13.0. The molecule has 8 nitrogen and oxygen atoms in total. The van der Waals surface area contributed by atoms with Crippen LogP contribution < -0.4 is 9.62 Å². The predicted octanol–water partition coefficient (Wildman–Crippen LogP) is 3.26. The van der Waals surface area contributed by atoms with Crippen LogP contribution in [0.5, 0.6) is 0 Å². The van der Waals surface area contributed by atoms with Gasteiger partial charge in [-0.2, -0.15) is 4.31 Å². The van der Waals surface area contributed by atoms with Gasteiger partial charge >= 0.3 is 5.97 Å². The summed E-state index contributed by atoms with van der Waals surface area (Å²) < 4.78 is 30.2. The van der Waals surface area contributed by atoms with Crippen LogP contribution in [0.2, 0.25) is 0 Å². The molecule has 6 rings (SSSR count). The number of amides is 1. The summed E-state index contributed by atoms with van der Waals surface area (Å²) in [7, 11) is -1.79. The van der Waals surface area contributed by atoms with Gasteiger partial charge in [-0.25, -0.2) is 0 Å². The summed E-state index contributed by atoms with van der Waals surface area (Å²) in [6, 6.07) is 9.37. The van der Waals surface area contributed by atoms with Gasteiger partial charge in [-0.05, 0) is 68.4 Å². The second-order valence-corrected chi connectivity index (χ2v) is 11.9. The minimum absolute atomic E-state index is 0.0484. The number of hydrogen-bond donors (Lipinski definition) is 3. The number of ether oxygens (including phenoxy) is 1. The molecule has 3 N–H and O–H groups in total. The number of nitrogens with zero attached hydrogens (tertiary/aromatic N) is 2. The average molecular weight is 464 g/mol. The van der Waals surface area contributed by atoms with Gasteiger partial charge in [0.05, 0.1) is 24.8 Å². The Labute approximate surface area is 190 Å². The Morgan fingerprint density at radius 1 is 1.12 bits per heavy atom. The molecule has 1 aromatic carbocycles. The van der Waals surface area contributed by atoms with Crippen LogP contribution in [0, 0.1) is 23.2 Å². The SMILES string of the molecule is COC(=O)C12CC3CC(C1)C(NC(=O)CN1CCCN(c4ccccc4)S1(O)O)C(C3)C2. The molecule has 5 aliphatic rings. The summed E-state index contributed by atoms with van der Waals surface area (Å²) >= 11 is 0. The van der Waals surface area contributed by atoms with Crippen molar-refractivity contribution in [2.24, 2.45) is 23.2 Å². The van der Waals surface area contributed by atoms with Crippen molar-refractivity contribution in [3.05, 3.63) is 30.3 Å². The zero-order chi connectivity index (χ0) is 22.5. The molecule has 176 valence electrons. The first-order chi connectivity index (χ1) is 15.3. The Balaban J connectivity index is 1.25. The molecule has 2 atom stereocenters. The zero-order valence-corrected chi connectivity index (χ0v) is 19.3. The number of hydrogen-bond acceptors (Lipinski definition) is 7. The highest BCUT2D eigenvalue weighted by atomic mass is 32.3. The Bertz CT molecular complexity index is 866. The maximum absolute atomic E-state index is 13.0. The second kappa shape index (κ2) is 8.20. The van der Waals surface area contributed by atoms with E-state index in [0.717, 1.165) is 44.2 Å². The molecule has 1 aromatic rings. The first-order valence-electron chi connectivity index (χ1n) is 11.6. The van der Waals surface area contributed by atoms with Gasteiger partial charge < -0.3 is 10.1 Å². The van der Waals surface area contributed by atoms with E-state index in [2.05, 4.69) is 5.32 Å². The van der Waals surface area contributed by atoms with E-state index in [1.807, 2.05) is 30.3 Å². The van der Waals surface area contributed by atoms with Crippen LogP contribution in [0.3, 0.4) is 0 Å². The minimum Gasteiger partial charge on any atom is -0.469 e. The molecule has 4 saturated carbocycles. The van der Waals surface area contributed by atoms with E-state index >= 15 is 0 Å². The van der Waals surface area contributed by atoms with Crippen molar-refractivity contribution in [2.75, 3.05) is 31.0 Å². The molecule has 1 aliphatic heterocycles. The van der Waals surface area contributed by atoms with Gasteiger partial charge in [0.15, 0.2) is 0 Å². The molecular formula is C23H33N3O5S. The molecule has 1 saturated heterocycles. The van der Waals surface area contributed by atoms with Crippen LogP contribution in [0.15, 0.2) is 30.3 Å². The summed E-state index contributed by atoms with van der Waals surface area (Å²) in [5.41, 5.74) is 0.372. The fourth-order valence-corrected chi connectivity index (χ4v) is 8.65. The Kier molecular flexibility index (Phi) is 5.64. The molecule has 1 amide bonds. The van der Waals surface area contributed by atoms with E-state index in [4.69, 9.17) is 4.74 Å². The van der Waals surface area contributed by atoms with E-state index in [9.17, 15) is 18.7 Å². The lowest BCUT2D eigenvalue weighted by Gasteiger charge is -2.58. The molecule has 0 radical (unpaired) electrons. The Morgan fingerprint density at radius 3 is 2.47 bits per heavy atom. The Morgan fingerprint density at radius 2 is 1.81 bits per heavy atom. The number of rotatable bonds is 5. The van der Waals surface area contributed by atoms with Gasteiger partial charge in [0.2, 0.25) is 5.91 Å². The molecule has 9 heteroatoms. The standard InChI is InChI=1S/C23H33N3O5S/c1-31-22(28)23-12-16-10-17(13-23)21(18(11-16)14-23)24-20(27)15-25-8-5-9-26(32(25,29)30)19-6-3-2-4-7-19/h2-4,6-7,16-18,21,29-30H,5,8-15H2,1H3,(H,24,27). The third-order valence-electron chi connectivity index (χ3n) is 7.99. The molecule has 32 heavy (non-hydrogen) atoms. The monoisotopic (exact) mass is 463 g/mol. The van der Waals surface area contributed by atoms with Crippen molar-refractivity contribution >= 4 is 28.5 Å². The number of benzene rings is 1. The lowest BCUT2D eigenvalue weighted by Crippen LogP contribution is -2.62. The highest BCUT2D eigenvalue weighted by Gasteiger charge is 2.59. The number of carbonyl (C=O) groups excluding carboxylic acids is 2. The lowest BCUT2D eigenvalue weighted by atomic mass is 9.48. The third-order valence-corrected chi connectivity index (χ3v) is 9.98. The van der Waals surface area contributed by atoms with Crippen molar-refractivity contribution in [1.82, 2.24) is 9.62 Å². The van der Waals surface area contributed by atoms with Crippen LogP contribution in [-0.2, 0) is 14.3 Å². The van der Waals surface area contributed by atoms with Crippen molar-refractivity contribution in [2.45, 2.75) is 44.6 Å². The fourth-order valence-electron chi connectivity index (χ4n) is 6.92.